The molecule has 0 saturated heterocycles. The highest BCUT2D eigenvalue weighted by molar-refractivity contribution is 7.98. The molecule has 3 N–H and O–H groups in total. The van der Waals surface area contributed by atoms with Crippen molar-refractivity contribution in [2.24, 2.45) is 0 Å². The third-order valence-electron chi connectivity index (χ3n) is 1.56. The molecule has 0 fully saturated rings. The van der Waals surface area contributed by atoms with Crippen LogP contribution >= 0.6 is 23.4 Å². The number of carboxylic acid groups (broad SMARTS) is 1. The summed E-state index contributed by atoms with van der Waals surface area (Å²) in [5.74, 6) is -1.06. The Morgan fingerprint density at radius 2 is 2.23 bits per heavy atom. The van der Waals surface area contributed by atoms with Crippen LogP contribution in [0, 0.1) is 0 Å². The van der Waals surface area contributed by atoms with Gasteiger partial charge in [-0.15, -0.1) is 11.8 Å². The Morgan fingerprint density at radius 1 is 1.62 bits per heavy atom. The molecule has 0 unspecified atom stereocenters. The minimum absolute atomic E-state index is 0.0526. The van der Waals surface area contributed by atoms with Crippen molar-refractivity contribution in [2.45, 2.75) is 4.90 Å². The molecule has 13 heavy (non-hydrogen) atoms. The molecule has 3 nitrogen and oxygen atoms in total. The lowest BCUT2D eigenvalue weighted by Gasteiger charge is -2.06. The molecule has 0 amide bonds. The zero-order valence-electron chi connectivity index (χ0n) is 6.87. The predicted octanol–water partition coefficient (Wildman–Crippen LogP) is 2.34. The highest BCUT2D eigenvalue weighted by atomic mass is 35.5. The van der Waals surface area contributed by atoms with Gasteiger partial charge in [0.15, 0.2) is 0 Å². The maximum absolute atomic E-state index is 10.7. The summed E-state index contributed by atoms with van der Waals surface area (Å²) in [5.41, 5.74) is 5.92. The third-order valence-corrected chi connectivity index (χ3v) is 2.55. The second-order valence-corrected chi connectivity index (χ2v) is 3.66. The lowest BCUT2D eigenvalue weighted by Crippen LogP contribution is -2.03. The zero-order valence-corrected chi connectivity index (χ0v) is 8.45. The smallest absolute Gasteiger partial charge is 0.337 e. The van der Waals surface area contributed by atoms with Crippen LogP contribution in [0.25, 0.3) is 0 Å². The van der Waals surface area contributed by atoms with Crippen LogP contribution < -0.4 is 5.73 Å². The van der Waals surface area contributed by atoms with Crippen molar-refractivity contribution in [3.63, 3.8) is 0 Å². The van der Waals surface area contributed by atoms with Crippen molar-refractivity contribution in [1.29, 1.82) is 0 Å². The Balaban J connectivity index is 3.35. The summed E-state index contributed by atoms with van der Waals surface area (Å²) < 4.78 is 0. The van der Waals surface area contributed by atoms with E-state index < -0.39 is 5.97 Å². The van der Waals surface area contributed by atoms with Gasteiger partial charge in [-0.25, -0.2) is 4.79 Å². The molecule has 0 aliphatic carbocycles. The Kier molecular flexibility index (Phi) is 3.06. The van der Waals surface area contributed by atoms with Gasteiger partial charge >= 0.3 is 5.97 Å². The summed E-state index contributed by atoms with van der Waals surface area (Å²) in [6, 6.07) is 2.99. The Bertz CT molecular complexity index is 354. The fourth-order valence-electron chi connectivity index (χ4n) is 0.939. The van der Waals surface area contributed by atoms with Crippen molar-refractivity contribution in [2.75, 3.05) is 12.0 Å². The molecular formula is C8H8ClNO2S. The summed E-state index contributed by atoms with van der Waals surface area (Å²) in [5, 5.41) is 9.15. The fraction of sp³-hybridized carbons (Fsp3) is 0.125. The number of benzene rings is 1. The van der Waals surface area contributed by atoms with Gasteiger partial charge in [-0.3, -0.25) is 0 Å². The van der Waals surface area contributed by atoms with Gasteiger partial charge in [-0.2, -0.15) is 0 Å². The van der Waals surface area contributed by atoms with E-state index in [1.807, 2.05) is 6.26 Å². The van der Waals surface area contributed by atoms with E-state index in [4.69, 9.17) is 22.4 Å². The predicted molar refractivity (Wildman–Crippen MR) is 54.6 cm³/mol. The maximum Gasteiger partial charge on any atom is 0.337 e. The maximum atomic E-state index is 10.7. The van der Waals surface area contributed by atoms with Gasteiger partial charge in [0.05, 0.1) is 11.3 Å². The number of nitrogens with two attached hydrogens (primary N) is 1. The molecule has 0 radical (unpaired) electrons. The minimum atomic E-state index is -1.06. The number of aromatic carboxylic acids is 1. The number of hydrogen-bond acceptors (Lipinski definition) is 3. The summed E-state index contributed by atoms with van der Waals surface area (Å²) in [6.45, 7) is 0. The van der Waals surface area contributed by atoms with Crippen molar-refractivity contribution >= 4 is 35.0 Å². The Morgan fingerprint density at radius 3 is 2.69 bits per heavy atom. The van der Waals surface area contributed by atoms with Gasteiger partial charge in [-0.05, 0) is 18.4 Å². The van der Waals surface area contributed by atoms with Crippen LogP contribution in [-0.2, 0) is 0 Å². The first-order valence-electron chi connectivity index (χ1n) is 3.42. The lowest BCUT2D eigenvalue weighted by atomic mass is 10.2. The van der Waals surface area contributed by atoms with Gasteiger partial charge in [0, 0.05) is 9.92 Å². The van der Waals surface area contributed by atoms with E-state index in [2.05, 4.69) is 0 Å². The van der Waals surface area contributed by atoms with Crippen LogP contribution in [0.15, 0.2) is 17.0 Å². The average molecular weight is 218 g/mol. The Hall–Kier alpha value is -0.870. The monoisotopic (exact) mass is 217 g/mol. The van der Waals surface area contributed by atoms with E-state index in [-0.39, 0.29) is 11.3 Å². The highest BCUT2D eigenvalue weighted by Crippen LogP contribution is 2.29. The van der Waals surface area contributed by atoms with Gasteiger partial charge in [0.2, 0.25) is 0 Å². The molecule has 1 aromatic rings. The molecule has 0 atom stereocenters. The molecule has 70 valence electrons. The van der Waals surface area contributed by atoms with E-state index in [9.17, 15) is 4.79 Å². The lowest BCUT2D eigenvalue weighted by molar-refractivity contribution is 0.0698. The van der Waals surface area contributed by atoms with Crippen LogP contribution in [0.3, 0.4) is 0 Å². The highest BCUT2D eigenvalue weighted by Gasteiger charge is 2.12. The average Bonchev–Trinajstić information content (AvgIpc) is 2.08. The number of anilines is 1. The summed E-state index contributed by atoms with van der Waals surface area (Å²) in [4.78, 5) is 11.4. The number of carboxylic acids is 1. The molecule has 0 bridgehead atoms. The van der Waals surface area contributed by atoms with E-state index in [1.54, 1.807) is 6.07 Å². The largest absolute Gasteiger partial charge is 0.478 e. The molecule has 0 aliphatic rings. The van der Waals surface area contributed by atoms with Crippen LogP contribution in [-0.4, -0.2) is 17.3 Å². The quantitative estimate of drug-likeness (QED) is 0.590. The molecule has 0 aromatic heterocycles. The number of rotatable bonds is 2. The minimum Gasteiger partial charge on any atom is -0.478 e. The second kappa shape index (κ2) is 3.89. The number of halogens is 1. The fourth-order valence-corrected chi connectivity index (χ4v) is 1.80. The third kappa shape index (κ3) is 2.08. The van der Waals surface area contributed by atoms with Crippen molar-refractivity contribution in [1.82, 2.24) is 0 Å². The Labute approximate surface area is 84.9 Å². The molecule has 0 saturated carbocycles. The zero-order chi connectivity index (χ0) is 10.0. The molecule has 0 aliphatic heterocycles. The van der Waals surface area contributed by atoms with Crippen LogP contribution in [0.2, 0.25) is 5.02 Å². The van der Waals surface area contributed by atoms with Crippen molar-refractivity contribution in [3.05, 3.63) is 22.7 Å². The number of hydrogen-bond donors (Lipinski definition) is 2. The summed E-state index contributed by atoms with van der Waals surface area (Å²) in [6.07, 6.45) is 1.81. The van der Waals surface area contributed by atoms with Crippen LogP contribution in [0.1, 0.15) is 10.4 Å². The normalized spacial score (nSPS) is 10.0. The van der Waals surface area contributed by atoms with E-state index in [0.717, 1.165) is 0 Å². The second-order valence-electron chi connectivity index (χ2n) is 2.37. The van der Waals surface area contributed by atoms with E-state index in [1.165, 1.54) is 17.8 Å². The van der Waals surface area contributed by atoms with Crippen molar-refractivity contribution in [3.8, 4) is 0 Å². The molecule has 0 heterocycles. The molecule has 1 aromatic carbocycles. The first kappa shape index (κ1) is 10.2. The van der Waals surface area contributed by atoms with Gasteiger partial charge < -0.3 is 10.8 Å². The number of carbonyl (C=O) groups is 1. The topological polar surface area (TPSA) is 63.3 Å². The van der Waals surface area contributed by atoms with Crippen molar-refractivity contribution < 1.29 is 9.90 Å². The van der Waals surface area contributed by atoms with Gasteiger partial charge in [-0.1, -0.05) is 11.6 Å². The number of thioether (sulfide) groups is 1. The SMILES string of the molecule is CSc1cc(Cl)cc(C(=O)O)c1N. The van der Waals surface area contributed by atoms with E-state index in [0.29, 0.717) is 9.92 Å². The molecule has 5 heteroatoms. The first-order chi connectivity index (χ1) is 6.06. The van der Waals surface area contributed by atoms with Crippen LogP contribution in [0.4, 0.5) is 5.69 Å². The van der Waals surface area contributed by atoms with Gasteiger partial charge in [0.25, 0.3) is 0 Å². The summed E-state index contributed by atoms with van der Waals surface area (Å²) in [7, 11) is 0. The first-order valence-corrected chi connectivity index (χ1v) is 5.03. The van der Waals surface area contributed by atoms with E-state index >= 15 is 0 Å². The van der Waals surface area contributed by atoms with Crippen LogP contribution in [0.5, 0.6) is 0 Å². The molecule has 1 rings (SSSR count). The standard InChI is InChI=1S/C8H8ClNO2S/c1-13-6-3-4(9)2-5(7(6)10)8(11)12/h2-3H,10H2,1H3,(H,11,12). The van der Waals surface area contributed by atoms with Gasteiger partial charge in [0.1, 0.15) is 0 Å². The number of nitrogen functional groups attached to an aromatic ring is 1. The summed E-state index contributed by atoms with van der Waals surface area (Å²) >= 11 is 7.08. The molecular weight excluding hydrogens is 210 g/mol. The molecule has 0 spiro atoms.